The van der Waals surface area contributed by atoms with Crippen LogP contribution in [0.1, 0.15) is 0 Å². The molecule has 2 aromatic heterocycles. The lowest BCUT2D eigenvalue weighted by atomic mass is 10.1. The van der Waals surface area contributed by atoms with Crippen molar-refractivity contribution in [2.75, 3.05) is 0 Å². The maximum atomic E-state index is 11.1. The molecule has 2 heterocycles. The molecule has 0 amide bonds. The van der Waals surface area contributed by atoms with Gasteiger partial charge in [-0.05, 0) is 12.1 Å². The number of hydrogen-bond acceptors (Lipinski definition) is 6. The minimum Gasteiger partial charge on any atom is -0.464 e. The summed E-state index contributed by atoms with van der Waals surface area (Å²) in [7, 11) is -4.71. The summed E-state index contributed by atoms with van der Waals surface area (Å²) in [6.45, 7) is 0. The molecule has 0 aliphatic carbocycles. The van der Waals surface area contributed by atoms with Gasteiger partial charge in [0.15, 0.2) is 5.75 Å². The second-order valence-electron chi connectivity index (χ2n) is 3.72. The van der Waals surface area contributed by atoms with Crippen molar-refractivity contribution in [1.82, 2.24) is 0 Å². The van der Waals surface area contributed by atoms with Crippen LogP contribution in [0.25, 0.3) is 21.9 Å². The van der Waals surface area contributed by atoms with E-state index in [2.05, 4.69) is 4.18 Å². The van der Waals surface area contributed by atoms with Gasteiger partial charge in [-0.3, -0.25) is 4.55 Å². The second-order valence-corrected chi connectivity index (χ2v) is 4.74. The van der Waals surface area contributed by atoms with E-state index in [1.165, 1.54) is 24.5 Å². The Morgan fingerprint density at radius 3 is 2.58 bits per heavy atom. The van der Waals surface area contributed by atoms with Crippen molar-refractivity contribution in [1.29, 1.82) is 0 Å². The molecule has 7 nitrogen and oxygen atoms in total. The average molecular weight is 282 g/mol. The maximum absolute atomic E-state index is 11.1. The Morgan fingerprint density at radius 2 is 1.84 bits per heavy atom. The third kappa shape index (κ3) is 2.07. The minimum absolute atomic E-state index is 0.0913. The molecule has 0 bridgehead atoms. The van der Waals surface area contributed by atoms with E-state index in [-0.39, 0.29) is 22.3 Å². The van der Waals surface area contributed by atoms with E-state index in [4.69, 9.17) is 13.4 Å². The Kier molecular flexibility index (Phi) is 2.37. The third-order valence-electron chi connectivity index (χ3n) is 2.50. The predicted octanol–water partition coefficient (Wildman–Crippen LogP) is 1.72. The molecule has 0 aliphatic heterocycles. The lowest BCUT2D eigenvalue weighted by Gasteiger charge is -2.06. The first-order valence-electron chi connectivity index (χ1n) is 5.05. The molecule has 3 rings (SSSR count). The fourth-order valence-electron chi connectivity index (χ4n) is 1.81. The summed E-state index contributed by atoms with van der Waals surface area (Å²) in [6.07, 6.45) is 1.32. The number of fused-ring (bicyclic) bond motifs is 2. The van der Waals surface area contributed by atoms with Crippen molar-refractivity contribution < 1.29 is 26.0 Å². The van der Waals surface area contributed by atoms with Crippen LogP contribution in [0, 0.1) is 0 Å². The lowest BCUT2D eigenvalue weighted by molar-refractivity contribution is 0.389. The fourth-order valence-corrected chi connectivity index (χ4v) is 2.20. The van der Waals surface area contributed by atoms with Crippen molar-refractivity contribution in [3.63, 3.8) is 0 Å². The highest BCUT2D eigenvalue weighted by atomic mass is 32.3. The van der Waals surface area contributed by atoms with Crippen molar-refractivity contribution in [2.24, 2.45) is 0 Å². The SMILES string of the molecule is O=c1ccc2c(OS(=O)(=O)O)c3ccoc3cc2o1. The van der Waals surface area contributed by atoms with Gasteiger partial charge in [-0.15, -0.1) is 0 Å². The van der Waals surface area contributed by atoms with E-state index >= 15 is 0 Å². The second kappa shape index (κ2) is 3.84. The van der Waals surface area contributed by atoms with Gasteiger partial charge in [0.2, 0.25) is 0 Å². The van der Waals surface area contributed by atoms with Crippen LogP contribution in [0.3, 0.4) is 0 Å². The van der Waals surface area contributed by atoms with Crippen LogP contribution in [0.4, 0.5) is 0 Å². The molecule has 0 unspecified atom stereocenters. The van der Waals surface area contributed by atoms with Gasteiger partial charge in [0, 0.05) is 12.1 Å². The lowest BCUT2D eigenvalue weighted by Crippen LogP contribution is -2.07. The van der Waals surface area contributed by atoms with Crippen molar-refractivity contribution in [2.45, 2.75) is 0 Å². The van der Waals surface area contributed by atoms with Crippen LogP contribution in [0.2, 0.25) is 0 Å². The standard InChI is InChI=1S/C11H6O7S/c12-10-2-1-6-9(17-10)5-8-7(3-4-16-8)11(6)18-19(13,14)15/h1-5H,(H,13,14,15). The Bertz CT molecular complexity index is 932. The summed E-state index contributed by atoms with van der Waals surface area (Å²) in [4.78, 5) is 11.1. The molecule has 98 valence electrons. The summed E-state index contributed by atoms with van der Waals surface area (Å²) >= 11 is 0. The van der Waals surface area contributed by atoms with E-state index in [0.29, 0.717) is 5.39 Å². The zero-order valence-electron chi connectivity index (χ0n) is 9.19. The molecule has 0 saturated heterocycles. The van der Waals surface area contributed by atoms with Crippen LogP contribution >= 0.6 is 0 Å². The Labute approximate surface area is 106 Å². The average Bonchev–Trinajstić information content (AvgIpc) is 2.74. The number of furan rings is 1. The molecule has 0 spiro atoms. The monoisotopic (exact) mass is 282 g/mol. The van der Waals surface area contributed by atoms with Gasteiger partial charge >= 0.3 is 16.0 Å². The highest BCUT2D eigenvalue weighted by Gasteiger charge is 2.17. The van der Waals surface area contributed by atoms with E-state index in [1.807, 2.05) is 0 Å². The molecule has 3 aromatic rings. The summed E-state index contributed by atoms with van der Waals surface area (Å²) in [5.41, 5.74) is -0.245. The molecular formula is C11H6O7S. The number of hydrogen-bond donors (Lipinski definition) is 1. The van der Waals surface area contributed by atoms with Crippen LogP contribution in [-0.4, -0.2) is 13.0 Å². The van der Waals surface area contributed by atoms with E-state index in [9.17, 15) is 13.2 Å². The van der Waals surface area contributed by atoms with Gasteiger partial charge in [-0.2, -0.15) is 8.42 Å². The van der Waals surface area contributed by atoms with Crippen LogP contribution in [0.5, 0.6) is 5.75 Å². The van der Waals surface area contributed by atoms with Crippen LogP contribution in [-0.2, 0) is 10.4 Å². The first-order chi connectivity index (χ1) is 8.94. The van der Waals surface area contributed by atoms with Crippen molar-refractivity contribution in [3.05, 3.63) is 40.9 Å². The largest absolute Gasteiger partial charge is 0.464 e. The Morgan fingerprint density at radius 1 is 1.11 bits per heavy atom. The number of benzene rings is 1. The first kappa shape index (κ1) is 11.8. The molecule has 0 radical (unpaired) electrons. The topological polar surface area (TPSA) is 107 Å². The van der Waals surface area contributed by atoms with E-state index < -0.39 is 16.0 Å². The maximum Gasteiger partial charge on any atom is 0.446 e. The highest BCUT2D eigenvalue weighted by Crippen LogP contribution is 2.35. The molecule has 1 N–H and O–H groups in total. The molecule has 1 aromatic carbocycles. The summed E-state index contributed by atoms with van der Waals surface area (Å²) in [5.74, 6) is -0.160. The van der Waals surface area contributed by atoms with E-state index in [0.717, 1.165) is 6.07 Å². The smallest absolute Gasteiger partial charge is 0.446 e. The van der Waals surface area contributed by atoms with Crippen molar-refractivity contribution >= 4 is 32.3 Å². The van der Waals surface area contributed by atoms with Gasteiger partial charge < -0.3 is 13.0 Å². The van der Waals surface area contributed by atoms with Gasteiger partial charge in [0.1, 0.15) is 11.2 Å². The highest BCUT2D eigenvalue weighted by molar-refractivity contribution is 7.81. The zero-order valence-corrected chi connectivity index (χ0v) is 10.0. The normalized spacial score (nSPS) is 12.1. The Balaban J connectivity index is 2.47. The van der Waals surface area contributed by atoms with E-state index in [1.54, 1.807) is 0 Å². The molecule has 19 heavy (non-hydrogen) atoms. The summed E-state index contributed by atoms with van der Waals surface area (Å²) in [6, 6.07) is 5.36. The summed E-state index contributed by atoms with van der Waals surface area (Å²) < 4.78 is 45.1. The molecular weight excluding hydrogens is 276 g/mol. The fraction of sp³-hybridized carbons (Fsp3) is 0. The van der Waals surface area contributed by atoms with Gasteiger partial charge in [0.25, 0.3) is 0 Å². The van der Waals surface area contributed by atoms with Crippen LogP contribution < -0.4 is 9.81 Å². The quantitative estimate of drug-likeness (QED) is 0.563. The molecule has 8 heteroatoms. The van der Waals surface area contributed by atoms with Gasteiger partial charge in [-0.1, -0.05) is 0 Å². The molecule has 0 atom stereocenters. The van der Waals surface area contributed by atoms with Crippen molar-refractivity contribution in [3.8, 4) is 5.75 Å². The summed E-state index contributed by atoms with van der Waals surface area (Å²) in [5, 5.41) is 0.560. The minimum atomic E-state index is -4.71. The zero-order chi connectivity index (χ0) is 13.6. The number of rotatable bonds is 2. The van der Waals surface area contributed by atoms with Crippen LogP contribution in [0.15, 0.2) is 44.2 Å². The van der Waals surface area contributed by atoms with Gasteiger partial charge in [0.05, 0.1) is 17.0 Å². The third-order valence-corrected chi connectivity index (χ3v) is 2.87. The predicted molar refractivity (Wildman–Crippen MR) is 64.4 cm³/mol. The first-order valence-corrected chi connectivity index (χ1v) is 6.41. The Hall–Kier alpha value is -2.32. The molecule has 0 fully saturated rings. The molecule has 0 aliphatic rings. The molecule has 0 saturated carbocycles. The van der Waals surface area contributed by atoms with Gasteiger partial charge in [-0.25, -0.2) is 4.79 Å².